The van der Waals surface area contributed by atoms with Crippen LogP contribution in [0.15, 0.2) is 30.3 Å². The molecule has 1 unspecified atom stereocenters. The van der Waals surface area contributed by atoms with Gasteiger partial charge in [-0.15, -0.1) is 0 Å². The lowest BCUT2D eigenvalue weighted by molar-refractivity contribution is -0.121. The number of nitrogens with zero attached hydrogens (tertiary/aromatic N) is 1. The Balaban J connectivity index is 1.75. The number of amides is 3. The number of benzene rings is 1. The maximum atomic E-state index is 11.8. The normalized spacial score (nSPS) is 17.0. The van der Waals surface area contributed by atoms with Crippen LogP contribution in [0.2, 0.25) is 0 Å². The van der Waals surface area contributed by atoms with Gasteiger partial charge in [0, 0.05) is 25.6 Å². The van der Waals surface area contributed by atoms with Gasteiger partial charge in [-0.1, -0.05) is 18.2 Å². The summed E-state index contributed by atoms with van der Waals surface area (Å²) >= 11 is 0. The average molecular weight is 305 g/mol. The molecule has 118 valence electrons. The van der Waals surface area contributed by atoms with E-state index in [2.05, 4.69) is 10.6 Å². The fourth-order valence-electron chi connectivity index (χ4n) is 2.11. The molecule has 1 heterocycles. The van der Waals surface area contributed by atoms with Gasteiger partial charge in [0.25, 0.3) is 0 Å². The van der Waals surface area contributed by atoms with E-state index in [1.54, 1.807) is 0 Å². The Morgan fingerprint density at radius 1 is 1.27 bits per heavy atom. The predicted octanol–water partition coefficient (Wildman–Crippen LogP) is 0.654. The second kappa shape index (κ2) is 7.44. The first kappa shape index (κ1) is 15.8. The van der Waals surface area contributed by atoms with Gasteiger partial charge in [0.05, 0.1) is 13.1 Å². The molecule has 0 saturated carbocycles. The van der Waals surface area contributed by atoms with Gasteiger partial charge in [-0.05, 0) is 12.1 Å². The third kappa shape index (κ3) is 4.47. The monoisotopic (exact) mass is 305 g/mol. The van der Waals surface area contributed by atoms with E-state index in [-0.39, 0.29) is 30.9 Å². The zero-order valence-corrected chi connectivity index (χ0v) is 12.4. The lowest BCUT2D eigenvalue weighted by Gasteiger charge is -2.12. The van der Waals surface area contributed by atoms with Gasteiger partial charge < -0.3 is 15.4 Å². The molecule has 1 fully saturated rings. The van der Waals surface area contributed by atoms with Gasteiger partial charge in [0.15, 0.2) is 0 Å². The van der Waals surface area contributed by atoms with E-state index in [1.165, 1.54) is 11.8 Å². The molecule has 7 heteroatoms. The molecule has 2 N–H and O–H groups in total. The van der Waals surface area contributed by atoms with Crippen LogP contribution in [0.25, 0.3) is 0 Å². The maximum absolute atomic E-state index is 11.8. The van der Waals surface area contributed by atoms with E-state index in [0.717, 1.165) is 5.69 Å². The van der Waals surface area contributed by atoms with Crippen molar-refractivity contribution in [1.29, 1.82) is 0 Å². The Morgan fingerprint density at radius 2 is 2.00 bits per heavy atom. The van der Waals surface area contributed by atoms with E-state index in [0.29, 0.717) is 13.1 Å². The number of rotatable bonds is 6. The van der Waals surface area contributed by atoms with Crippen molar-refractivity contribution in [3.63, 3.8) is 0 Å². The van der Waals surface area contributed by atoms with Crippen LogP contribution in [0.4, 0.5) is 10.5 Å². The Morgan fingerprint density at radius 3 is 2.68 bits per heavy atom. The minimum atomic E-state index is -0.413. The quantitative estimate of drug-likeness (QED) is 0.808. The first-order valence-corrected chi connectivity index (χ1v) is 7.10. The minimum Gasteiger partial charge on any atom is -0.442 e. The van der Waals surface area contributed by atoms with E-state index in [9.17, 15) is 14.4 Å². The second-order valence-electron chi connectivity index (χ2n) is 4.99. The van der Waals surface area contributed by atoms with Crippen molar-refractivity contribution >= 4 is 23.6 Å². The third-order valence-corrected chi connectivity index (χ3v) is 3.19. The van der Waals surface area contributed by atoms with Crippen molar-refractivity contribution < 1.29 is 19.1 Å². The highest BCUT2D eigenvalue weighted by Gasteiger charge is 2.32. The number of carbonyl (C=O) groups is 3. The van der Waals surface area contributed by atoms with Crippen LogP contribution in [0.5, 0.6) is 0 Å². The van der Waals surface area contributed by atoms with Crippen molar-refractivity contribution in [2.75, 3.05) is 24.5 Å². The van der Waals surface area contributed by atoms with E-state index in [4.69, 9.17) is 4.74 Å². The fraction of sp³-hybridized carbons (Fsp3) is 0.400. The Kier molecular flexibility index (Phi) is 5.35. The summed E-state index contributed by atoms with van der Waals surface area (Å²) in [6, 6.07) is 9.22. The molecule has 1 aliphatic rings. The number of nitrogens with one attached hydrogen (secondary N) is 2. The number of cyclic esters (lactones) is 1. The largest absolute Gasteiger partial charge is 0.442 e. The standard InChI is InChI=1S/C15H19N3O4/c1-11(19)16-8-7-14(20)17-9-13-10-18(15(21)22-13)12-5-3-2-4-6-12/h2-6,13H,7-10H2,1H3,(H,16,19)(H,17,20). The first-order chi connectivity index (χ1) is 10.6. The molecule has 0 aliphatic carbocycles. The van der Waals surface area contributed by atoms with Gasteiger partial charge in [0.2, 0.25) is 11.8 Å². The van der Waals surface area contributed by atoms with Crippen LogP contribution < -0.4 is 15.5 Å². The number of ether oxygens (including phenoxy) is 1. The number of hydrogen-bond acceptors (Lipinski definition) is 4. The molecule has 1 aromatic rings. The van der Waals surface area contributed by atoms with Crippen LogP contribution in [-0.4, -0.2) is 43.6 Å². The van der Waals surface area contributed by atoms with Crippen molar-refractivity contribution in [2.45, 2.75) is 19.4 Å². The smallest absolute Gasteiger partial charge is 0.414 e. The zero-order valence-electron chi connectivity index (χ0n) is 12.4. The molecule has 3 amide bonds. The summed E-state index contributed by atoms with van der Waals surface area (Å²) in [5, 5.41) is 5.24. The number of carbonyl (C=O) groups excluding carboxylic acids is 3. The molecular weight excluding hydrogens is 286 g/mol. The van der Waals surface area contributed by atoms with Crippen molar-refractivity contribution in [3.8, 4) is 0 Å². The third-order valence-electron chi connectivity index (χ3n) is 3.19. The van der Waals surface area contributed by atoms with Crippen LogP contribution in [0.1, 0.15) is 13.3 Å². The summed E-state index contributed by atoms with van der Waals surface area (Å²) in [6.45, 7) is 2.35. The minimum absolute atomic E-state index is 0.170. The highest BCUT2D eigenvalue weighted by molar-refractivity contribution is 5.89. The molecule has 22 heavy (non-hydrogen) atoms. The second-order valence-corrected chi connectivity index (χ2v) is 4.99. The summed E-state index contributed by atoms with van der Waals surface area (Å²) in [7, 11) is 0. The zero-order chi connectivity index (χ0) is 15.9. The van der Waals surface area contributed by atoms with Gasteiger partial charge in [0.1, 0.15) is 6.10 Å². The molecule has 0 bridgehead atoms. The summed E-state index contributed by atoms with van der Waals surface area (Å²) < 4.78 is 5.22. The predicted molar refractivity (Wildman–Crippen MR) is 80.4 cm³/mol. The van der Waals surface area contributed by atoms with Crippen molar-refractivity contribution in [1.82, 2.24) is 10.6 Å². The molecule has 0 radical (unpaired) electrons. The number of para-hydroxylation sites is 1. The topological polar surface area (TPSA) is 87.7 Å². The lowest BCUT2D eigenvalue weighted by Crippen LogP contribution is -2.36. The molecule has 0 spiro atoms. The molecule has 7 nitrogen and oxygen atoms in total. The lowest BCUT2D eigenvalue weighted by atomic mass is 10.2. The molecule has 1 aliphatic heterocycles. The molecular formula is C15H19N3O4. The van der Waals surface area contributed by atoms with Gasteiger partial charge in [-0.25, -0.2) is 4.79 Å². The highest BCUT2D eigenvalue weighted by Crippen LogP contribution is 2.20. The Labute approximate surface area is 128 Å². The van der Waals surface area contributed by atoms with Gasteiger partial charge >= 0.3 is 6.09 Å². The number of hydrogen-bond donors (Lipinski definition) is 2. The summed E-state index contributed by atoms with van der Waals surface area (Å²) in [4.78, 5) is 35.6. The summed E-state index contributed by atoms with van der Waals surface area (Å²) in [5.41, 5.74) is 0.770. The maximum Gasteiger partial charge on any atom is 0.414 e. The average Bonchev–Trinajstić information content (AvgIpc) is 2.87. The molecule has 1 atom stereocenters. The summed E-state index contributed by atoms with van der Waals surface area (Å²) in [6.07, 6.45) is -0.594. The fourth-order valence-corrected chi connectivity index (χ4v) is 2.11. The SMILES string of the molecule is CC(=O)NCCC(=O)NCC1CN(c2ccccc2)C(=O)O1. The van der Waals surface area contributed by atoms with Crippen LogP contribution in [0, 0.1) is 0 Å². The van der Waals surface area contributed by atoms with Crippen LogP contribution in [-0.2, 0) is 14.3 Å². The van der Waals surface area contributed by atoms with Gasteiger partial charge in [-0.3, -0.25) is 14.5 Å². The number of anilines is 1. The van der Waals surface area contributed by atoms with E-state index < -0.39 is 6.09 Å². The highest BCUT2D eigenvalue weighted by atomic mass is 16.6. The molecule has 1 aromatic carbocycles. The molecule has 1 saturated heterocycles. The molecule has 2 rings (SSSR count). The summed E-state index contributed by atoms with van der Waals surface area (Å²) in [5.74, 6) is -0.362. The van der Waals surface area contributed by atoms with E-state index >= 15 is 0 Å². The van der Waals surface area contributed by atoms with Crippen molar-refractivity contribution in [2.24, 2.45) is 0 Å². The van der Waals surface area contributed by atoms with Gasteiger partial charge in [-0.2, -0.15) is 0 Å². The Bertz CT molecular complexity index is 547. The van der Waals surface area contributed by atoms with Crippen molar-refractivity contribution in [3.05, 3.63) is 30.3 Å². The molecule has 0 aromatic heterocycles. The Hall–Kier alpha value is -2.57. The first-order valence-electron chi connectivity index (χ1n) is 7.10. The van der Waals surface area contributed by atoms with Crippen LogP contribution in [0.3, 0.4) is 0 Å². The van der Waals surface area contributed by atoms with E-state index in [1.807, 2.05) is 30.3 Å². The van der Waals surface area contributed by atoms with Crippen LogP contribution >= 0.6 is 0 Å².